The molecule has 0 aromatic heterocycles. The fourth-order valence-corrected chi connectivity index (χ4v) is 3.33. The lowest BCUT2D eigenvalue weighted by Gasteiger charge is -2.18. The normalized spacial score (nSPS) is 12.9. The molecule has 0 bridgehead atoms. The molecule has 0 spiro atoms. The summed E-state index contributed by atoms with van der Waals surface area (Å²) in [5.74, 6) is -0.552. The van der Waals surface area contributed by atoms with Gasteiger partial charge in [-0.1, -0.05) is 37.6 Å². The van der Waals surface area contributed by atoms with Gasteiger partial charge in [-0.2, -0.15) is 0 Å². The molecule has 2 aromatic carbocycles. The first kappa shape index (κ1) is 21.8. The molecule has 6 heteroatoms. The van der Waals surface area contributed by atoms with Crippen molar-refractivity contribution in [3.8, 4) is 16.9 Å². The van der Waals surface area contributed by atoms with Crippen molar-refractivity contribution in [2.75, 3.05) is 19.7 Å². The van der Waals surface area contributed by atoms with Crippen LogP contribution in [-0.2, 0) is 4.79 Å². The van der Waals surface area contributed by atoms with Crippen molar-refractivity contribution >= 4 is 23.5 Å². The molecule has 5 nitrogen and oxygen atoms in total. The summed E-state index contributed by atoms with van der Waals surface area (Å²) in [6, 6.07) is 10.6. The maximum atomic E-state index is 12.6. The lowest BCUT2D eigenvalue weighted by atomic mass is 9.98. The van der Waals surface area contributed by atoms with Gasteiger partial charge >= 0.3 is 5.97 Å². The number of nitrogens with zero attached hydrogens (tertiary/aromatic N) is 1. The lowest BCUT2D eigenvalue weighted by Crippen LogP contribution is -2.28. The summed E-state index contributed by atoms with van der Waals surface area (Å²) >= 11 is 6.10. The van der Waals surface area contributed by atoms with Gasteiger partial charge in [0, 0.05) is 29.2 Å². The lowest BCUT2D eigenvalue weighted by molar-refractivity contribution is -0.139. The van der Waals surface area contributed by atoms with Crippen LogP contribution < -0.4 is 4.74 Å². The van der Waals surface area contributed by atoms with Crippen LogP contribution in [0.5, 0.6) is 5.75 Å². The average molecular weight is 404 g/mol. The Morgan fingerprint density at radius 1 is 1.11 bits per heavy atom. The van der Waals surface area contributed by atoms with Crippen molar-refractivity contribution in [3.05, 3.63) is 52.5 Å². The van der Waals surface area contributed by atoms with E-state index < -0.39 is 12.6 Å². The molecule has 0 atom stereocenters. The van der Waals surface area contributed by atoms with Gasteiger partial charge in [0.25, 0.3) is 5.91 Å². The number of carboxylic acids is 1. The molecule has 2 aromatic rings. The highest BCUT2D eigenvalue weighted by Crippen LogP contribution is 2.34. The molecule has 1 amide bonds. The number of hydrogen-bond donors (Lipinski definition) is 1. The molecule has 1 aliphatic heterocycles. The van der Waals surface area contributed by atoms with Crippen LogP contribution in [0.3, 0.4) is 0 Å². The van der Waals surface area contributed by atoms with Crippen LogP contribution in [0, 0.1) is 6.92 Å². The summed E-state index contributed by atoms with van der Waals surface area (Å²) in [6.45, 7) is 7.08. The van der Waals surface area contributed by atoms with Crippen molar-refractivity contribution in [1.29, 1.82) is 0 Å². The van der Waals surface area contributed by atoms with E-state index in [-0.39, 0.29) is 5.91 Å². The third kappa shape index (κ3) is 5.26. The first-order valence-corrected chi connectivity index (χ1v) is 9.88. The summed E-state index contributed by atoms with van der Waals surface area (Å²) in [5, 5.41) is 9.37. The molecular weight excluding hydrogens is 378 g/mol. The third-order valence-corrected chi connectivity index (χ3v) is 4.69. The molecule has 0 radical (unpaired) electrons. The topological polar surface area (TPSA) is 66.8 Å². The number of amides is 1. The summed E-state index contributed by atoms with van der Waals surface area (Å²) in [4.78, 5) is 25.3. The predicted molar refractivity (Wildman–Crippen MR) is 111 cm³/mol. The summed E-state index contributed by atoms with van der Waals surface area (Å²) in [7, 11) is 0. The van der Waals surface area contributed by atoms with E-state index in [1.807, 2.05) is 43.9 Å². The largest absolute Gasteiger partial charge is 0.481 e. The van der Waals surface area contributed by atoms with Gasteiger partial charge in [-0.15, -0.1) is 0 Å². The third-order valence-electron chi connectivity index (χ3n) is 4.45. The molecule has 0 unspecified atom stereocenters. The molecule has 1 fully saturated rings. The molecular formula is C22H26ClNO4. The first-order chi connectivity index (χ1) is 13.5. The van der Waals surface area contributed by atoms with E-state index in [0.29, 0.717) is 21.9 Å². The SMILES string of the molecule is CC.Cc1cc(-c2cc(Cl)ccc2OCC(=O)O)ccc1C(=O)N1CCCC1. The number of carbonyl (C=O) groups excluding carboxylic acids is 1. The van der Waals surface area contributed by atoms with Crippen LogP contribution in [0.2, 0.25) is 5.02 Å². The van der Waals surface area contributed by atoms with Gasteiger partial charge in [0.05, 0.1) is 0 Å². The number of benzene rings is 2. The van der Waals surface area contributed by atoms with Gasteiger partial charge in [0.15, 0.2) is 6.61 Å². The van der Waals surface area contributed by atoms with Crippen LogP contribution in [-0.4, -0.2) is 41.6 Å². The standard InChI is InChI=1S/C20H20ClNO4.C2H6/c1-13-10-14(4-6-16(13)20(25)22-8-2-3-9-22)17-11-15(21)5-7-18(17)26-12-19(23)24;1-2/h4-7,10-11H,2-3,8-9,12H2,1H3,(H,23,24);1-2H3. The van der Waals surface area contributed by atoms with E-state index in [1.54, 1.807) is 18.2 Å². The number of ether oxygens (including phenoxy) is 1. The van der Waals surface area contributed by atoms with E-state index >= 15 is 0 Å². The zero-order chi connectivity index (χ0) is 20.7. The van der Waals surface area contributed by atoms with Gasteiger partial charge in [0.2, 0.25) is 0 Å². The van der Waals surface area contributed by atoms with Gasteiger partial charge in [-0.3, -0.25) is 4.79 Å². The van der Waals surface area contributed by atoms with E-state index in [4.69, 9.17) is 21.4 Å². The Kier molecular flexibility index (Phi) is 7.88. The second-order valence-electron chi connectivity index (χ2n) is 6.35. The Morgan fingerprint density at radius 3 is 2.39 bits per heavy atom. The molecule has 1 aliphatic rings. The average Bonchev–Trinajstić information content (AvgIpc) is 3.22. The summed E-state index contributed by atoms with van der Waals surface area (Å²) < 4.78 is 5.37. The highest BCUT2D eigenvalue weighted by Gasteiger charge is 2.21. The second kappa shape index (κ2) is 10.1. The zero-order valence-corrected chi connectivity index (χ0v) is 17.3. The highest BCUT2D eigenvalue weighted by molar-refractivity contribution is 6.31. The predicted octanol–water partition coefficient (Wildman–Crippen LogP) is 5.04. The van der Waals surface area contributed by atoms with E-state index in [1.165, 1.54) is 0 Å². The maximum Gasteiger partial charge on any atom is 0.341 e. The number of aryl methyl sites for hydroxylation is 1. The minimum atomic E-state index is -1.05. The van der Waals surface area contributed by atoms with Gasteiger partial charge in [0.1, 0.15) is 5.75 Å². The monoisotopic (exact) mass is 403 g/mol. The molecule has 28 heavy (non-hydrogen) atoms. The minimum Gasteiger partial charge on any atom is -0.481 e. The van der Waals surface area contributed by atoms with Crippen molar-refractivity contribution in [2.24, 2.45) is 0 Å². The van der Waals surface area contributed by atoms with Crippen LogP contribution in [0.15, 0.2) is 36.4 Å². The maximum absolute atomic E-state index is 12.6. The molecule has 1 N–H and O–H groups in total. The Morgan fingerprint density at radius 2 is 1.79 bits per heavy atom. The van der Waals surface area contributed by atoms with Crippen molar-refractivity contribution in [1.82, 2.24) is 4.90 Å². The molecule has 1 saturated heterocycles. The van der Waals surface area contributed by atoms with Crippen LogP contribution in [0.4, 0.5) is 0 Å². The van der Waals surface area contributed by atoms with Crippen molar-refractivity contribution < 1.29 is 19.4 Å². The second-order valence-corrected chi connectivity index (χ2v) is 6.79. The fourth-order valence-electron chi connectivity index (χ4n) is 3.15. The van der Waals surface area contributed by atoms with Crippen LogP contribution in [0.1, 0.15) is 42.6 Å². The van der Waals surface area contributed by atoms with Crippen molar-refractivity contribution in [3.63, 3.8) is 0 Å². The Bertz CT molecular complexity index is 844. The van der Waals surface area contributed by atoms with E-state index in [2.05, 4.69) is 0 Å². The molecule has 150 valence electrons. The number of rotatable bonds is 5. The van der Waals surface area contributed by atoms with E-state index in [9.17, 15) is 9.59 Å². The highest BCUT2D eigenvalue weighted by atomic mass is 35.5. The van der Waals surface area contributed by atoms with E-state index in [0.717, 1.165) is 37.1 Å². The number of carboxylic acid groups (broad SMARTS) is 1. The van der Waals surface area contributed by atoms with Crippen molar-refractivity contribution in [2.45, 2.75) is 33.6 Å². The summed E-state index contributed by atoms with van der Waals surface area (Å²) in [5.41, 5.74) is 3.07. The number of halogens is 1. The molecule has 0 saturated carbocycles. The zero-order valence-electron chi connectivity index (χ0n) is 16.5. The quantitative estimate of drug-likeness (QED) is 0.759. The summed E-state index contributed by atoms with van der Waals surface area (Å²) in [6.07, 6.45) is 2.10. The number of likely N-dealkylation sites (tertiary alicyclic amines) is 1. The Labute approximate surface area is 170 Å². The Hall–Kier alpha value is -2.53. The molecule has 3 rings (SSSR count). The Balaban J connectivity index is 0.00000136. The van der Waals surface area contributed by atoms with Gasteiger partial charge in [-0.25, -0.2) is 4.79 Å². The number of aliphatic carboxylic acids is 1. The van der Waals surface area contributed by atoms with Crippen LogP contribution >= 0.6 is 11.6 Å². The number of hydrogen-bond acceptors (Lipinski definition) is 3. The van der Waals surface area contributed by atoms with Gasteiger partial charge < -0.3 is 14.7 Å². The first-order valence-electron chi connectivity index (χ1n) is 9.50. The number of carbonyl (C=O) groups is 2. The fraction of sp³-hybridized carbons (Fsp3) is 0.364. The molecule has 1 heterocycles. The van der Waals surface area contributed by atoms with Crippen LogP contribution in [0.25, 0.3) is 11.1 Å². The smallest absolute Gasteiger partial charge is 0.341 e. The minimum absolute atomic E-state index is 0.0556. The van der Waals surface area contributed by atoms with Gasteiger partial charge in [-0.05, 0) is 55.2 Å². The molecule has 0 aliphatic carbocycles.